The van der Waals surface area contributed by atoms with Gasteiger partial charge in [0, 0.05) is 17.8 Å². The van der Waals surface area contributed by atoms with Crippen molar-refractivity contribution in [2.24, 2.45) is 0 Å². The smallest absolute Gasteiger partial charge is 0.227 e. The van der Waals surface area contributed by atoms with Gasteiger partial charge < -0.3 is 4.90 Å². The van der Waals surface area contributed by atoms with Crippen LogP contribution < -0.4 is 0 Å². The molecule has 0 N–H and O–H groups in total. The molecule has 4 rings (SSSR count). The van der Waals surface area contributed by atoms with Crippen LogP contribution in [0.1, 0.15) is 35.6 Å². The molecule has 1 aromatic heterocycles. The van der Waals surface area contributed by atoms with Gasteiger partial charge in [-0.25, -0.2) is 4.98 Å². The Labute approximate surface area is 149 Å². The van der Waals surface area contributed by atoms with E-state index in [0.717, 1.165) is 24.0 Å². The van der Waals surface area contributed by atoms with E-state index in [1.807, 2.05) is 17.0 Å². The highest BCUT2D eigenvalue weighted by Crippen LogP contribution is 2.44. The summed E-state index contributed by atoms with van der Waals surface area (Å²) < 4.78 is 14.0. The van der Waals surface area contributed by atoms with Gasteiger partial charge in [-0.05, 0) is 48.6 Å². The molecule has 0 spiro atoms. The maximum absolute atomic E-state index is 14.0. The zero-order valence-corrected chi connectivity index (χ0v) is 14.3. The number of benzene rings is 1. The van der Waals surface area contributed by atoms with E-state index >= 15 is 0 Å². The summed E-state index contributed by atoms with van der Waals surface area (Å²) in [6, 6.07) is 7.08. The van der Waals surface area contributed by atoms with Gasteiger partial charge in [-0.2, -0.15) is 4.39 Å². The van der Waals surface area contributed by atoms with Gasteiger partial charge in [0.1, 0.15) is 0 Å². The molecule has 0 aliphatic carbocycles. The van der Waals surface area contributed by atoms with Crippen LogP contribution in [0.2, 0.25) is 10.0 Å². The monoisotopic (exact) mass is 364 g/mol. The van der Waals surface area contributed by atoms with Crippen molar-refractivity contribution in [3.8, 4) is 0 Å². The Balaban J connectivity index is 1.61. The van der Waals surface area contributed by atoms with Crippen molar-refractivity contribution in [3.63, 3.8) is 0 Å². The summed E-state index contributed by atoms with van der Waals surface area (Å²) >= 11 is 12.0. The van der Waals surface area contributed by atoms with Crippen LogP contribution in [0.3, 0.4) is 0 Å². The fourth-order valence-electron chi connectivity index (χ4n) is 3.91. The molecule has 3 heterocycles. The van der Waals surface area contributed by atoms with Gasteiger partial charge in [0.25, 0.3) is 0 Å². The number of pyridine rings is 1. The van der Waals surface area contributed by atoms with Gasteiger partial charge >= 0.3 is 0 Å². The van der Waals surface area contributed by atoms with E-state index in [0.29, 0.717) is 22.0 Å². The molecule has 0 radical (unpaired) electrons. The van der Waals surface area contributed by atoms with E-state index in [9.17, 15) is 9.18 Å². The van der Waals surface area contributed by atoms with E-state index in [-0.39, 0.29) is 24.4 Å². The molecule has 3 nitrogen and oxygen atoms in total. The number of fused-ring (bicyclic) bond motifs is 4. The van der Waals surface area contributed by atoms with E-state index in [2.05, 4.69) is 4.98 Å². The molecule has 1 amide bonds. The third-order valence-corrected chi connectivity index (χ3v) is 5.71. The van der Waals surface area contributed by atoms with Crippen molar-refractivity contribution in [3.05, 3.63) is 63.1 Å². The summed E-state index contributed by atoms with van der Waals surface area (Å²) in [5.41, 5.74) is 2.41. The molecule has 1 saturated heterocycles. The molecule has 2 bridgehead atoms. The quantitative estimate of drug-likeness (QED) is 0.741. The fourth-order valence-corrected chi connectivity index (χ4v) is 4.23. The first-order valence-electron chi connectivity index (χ1n) is 7.93. The first kappa shape index (κ1) is 15.9. The highest BCUT2D eigenvalue weighted by Gasteiger charge is 2.43. The SMILES string of the molecule is O=C(Cc1ccc(Cl)c(Cl)c1)N1[C@H]2CC[C@@H]1c1ccnc(F)c1C2. The van der Waals surface area contributed by atoms with Gasteiger partial charge in [0.2, 0.25) is 11.9 Å². The molecule has 1 fully saturated rings. The van der Waals surface area contributed by atoms with E-state index in [1.165, 1.54) is 6.20 Å². The number of aromatic nitrogens is 1. The molecule has 1 aromatic carbocycles. The van der Waals surface area contributed by atoms with Crippen molar-refractivity contribution in [1.82, 2.24) is 9.88 Å². The van der Waals surface area contributed by atoms with Crippen molar-refractivity contribution in [1.29, 1.82) is 0 Å². The second kappa shape index (κ2) is 6.01. The predicted molar refractivity (Wildman–Crippen MR) is 90.7 cm³/mol. The number of carbonyl (C=O) groups is 1. The maximum Gasteiger partial charge on any atom is 0.227 e. The number of amides is 1. The third kappa shape index (κ3) is 2.58. The fraction of sp³-hybridized carbons (Fsp3) is 0.333. The minimum absolute atomic E-state index is 0.0451. The lowest BCUT2D eigenvalue weighted by Gasteiger charge is -2.36. The number of carbonyl (C=O) groups excluding carboxylic acids is 1. The molecular weight excluding hydrogens is 350 g/mol. The second-order valence-electron chi connectivity index (χ2n) is 6.35. The van der Waals surface area contributed by atoms with Crippen LogP contribution >= 0.6 is 23.2 Å². The molecule has 2 atom stereocenters. The number of halogens is 3. The van der Waals surface area contributed by atoms with Gasteiger partial charge in [-0.1, -0.05) is 29.3 Å². The first-order chi connectivity index (χ1) is 11.5. The van der Waals surface area contributed by atoms with Gasteiger partial charge in [-0.15, -0.1) is 0 Å². The lowest BCUT2D eigenvalue weighted by atomic mass is 9.94. The number of hydrogen-bond donors (Lipinski definition) is 0. The molecular formula is C18H15Cl2FN2O. The Kier molecular flexibility index (Phi) is 3.97. The lowest BCUT2D eigenvalue weighted by Crippen LogP contribution is -2.43. The van der Waals surface area contributed by atoms with Crippen LogP contribution in [0, 0.1) is 5.95 Å². The summed E-state index contributed by atoms with van der Waals surface area (Å²) in [5.74, 6) is -0.357. The molecule has 0 unspecified atom stereocenters. The number of nitrogens with zero attached hydrogens (tertiary/aromatic N) is 2. The van der Waals surface area contributed by atoms with Crippen LogP contribution in [0.15, 0.2) is 30.5 Å². The third-order valence-electron chi connectivity index (χ3n) is 4.97. The van der Waals surface area contributed by atoms with Crippen molar-refractivity contribution < 1.29 is 9.18 Å². The van der Waals surface area contributed by atoms with Crippen molar-refractivity contribution in [2.45, 2.75) is 37.8 Å². The van der Waals surface area contributed by atoms with Crippen LogP contribution in [-0.2, 0) is 17.6 Å². The maximum atomic E-state index is 14.0. The zero-order valence-electron chi connectivity index (χ0n) is 12.8. The predicted octanol–water partition coefficient (Wildman–Crippen LogP) is 4.36. The standard InChI is InChI=1S/C18H15Cl2FN2O/c19-14-3-1-10(7-15(14)20)8-17(24)23-11-2-4-16(23)12-5-6-22-18(21)13(12)9-11/h1,3,5-7,11,16H,2,4,8-9H2/t11-,16+/m0/s1. The Hall–Kier alpha value is -1.65. The van der Waals surface area contributed by atoms with E-state index < -0.39 is 5.95 Å². The van der Waals surface area contributed by atoms with Crippen LogP contribution in [0.4, 0.5) is 4.39 Å². The molecule has 2 aromatic rings. The molecule has 24 heavy (non-hydrogen) atoms. The summed E-state index contributed by atoms with van der Waals surface area (Å²) in [5, 5.41) is 0.921. The van der Waals surface area contributed by atoms with E-state index in [1.54, 1.807) is 12.1 Å². The van der Waals surface area contributed by atoms with Crippen LogP contribution in [0.25, 0.3) is 0 Å². The van der Waals surface area contributed by atoms with Gasteiger partial charge in [-0.3, -0.25) is 4.79 Å². The van der Waals surface area contributed by atoms with Crippen LogP contribution in [0.5, 0.6) is 0 Å². The molecule has 2 aliphatic rings. The number of rotatable bonds is 2. The minimum Gasteiger partial charge on any atom is -0.332 e. The normalized spacial score (nSPS) is 21.7. The van der Waals surface area contributed by atoms with Gasteiger partial charge in [0.15, 0.2) is 0 Å². The Morgan fingerprint density at radius 1 is 1.25 bits per heavy atom. The minimum atomic E-state index is -0.402. The second-order valence-corrected chi connectivity index (χ2v) is 7.16. The lowest BCUT2D eigenvalue weighted by molar-refractivity contribution is -0.134. The first-order valence-corrected chi connectivity index (χ1v) is 8.68. The summed E-state index contributed by atoms with van der Waals surface area (Å²) in [4.78, 5) is 18.5. The van der Waals surface area contributed by atoms with Crippen LogP contribution in [-0.4, -0.2) is 21.8 Å². The molecule has 2 aliphatic heterocycles. The van der Waals surface area contributed by atoms with E-state index in [4.69, 9.17) is 23.2 Å². The Bertz CT molecular complexity index is 827. The Morgan fingerprint density at radius 2 is 2.08 bits per heavy atom. The molecule has 124 valence electrons. The number of hydrogen-bond acceptors (Lipinski definition) is 2. The Morgan fingerprint density at radius 3 is 2.88 bits per heavy atom. The average molecular weight is 365 g/mol. The molecule has 0 saturated carbocycles. The summed E-state index contributed by atoms with van der Waals surface area (Å²) in [6.45, 7) is 0. The topological polar surface area (TPSA) is 33.2 Å². The zero-order chi connectivity index (χ0) is 16.8. The molecule has 6 heteroatoms. The van der Waals surface area contributed by atoms with Crippen molar-refractivity contribution >= 4 is 29.1 Å². The highest BCUT2D eigenvalue weighted by molar-refractivity contribution is 6.42. The summed E-state index contributed by atoms with van der Waals surface area (Å²) in [7, 11) is 0. The largest absolute Gasteiger partial charge is 0.332 e. The summed E-state index contributed by atoms with van der Waals surface area (Å²) in [6.07, 6.45) is 4.06. The highest BCUT2D eigenvalue weighted by atomic mass is 35.5. The van der Waals surface area contributed by atoms with Crippen molar-refractivity contribution in [2.75, 3.05) is 0 Å². The average Bonchev–Trinajstić information content (AvgIpc) is 2.87. The van der Waals surface area contributed by atoms with Gasteiger partial charge in [0.05, 0.1) is 22.5 Å².